The molecule has 0 saturated heterocycles. The summed E-state index contributed by atoms with van der Waals surface area (Å²) in [4.78, 5) is 11.9. The molecule has 5 nitrogen and oxygen atoms in total. The van der Waals surface area contributed by atoms with Gasteiger partial charge in [0.05, 0.1) is 0 Å². The first kappa shape index (κ1) is 14.6. The fourth-order valence-corrected chi connectivity index (χ4v) is 1.53. The van der Waals surface area contributed by atoms with E-state index in [9.17, 15) is 18.0 Å². The number of amides is 1. The minimum Gasteiger partial charge on any atom is -0.409 e. The second-order valence-electron chi connectivity index (χ2n) is 4.70. The molecular formula is C10H16F3N3O2. The first-order chi connectivity index (χ1) is 8.13. The third-order valence-electron chi connectivity index (χ3n) is 3.53. The van der Waals surface area contributed by atoms with Crippen molar-refractivity contribution in [2.24, 2.45) is 16.3 Å². The van der Waals surface area contributed by atoms with Gasteiger partial charge in [0.25, 0.3) is 0 Å². The Bertz CT molecular complexity index is 377. The Balaban J connectivity index is 2.89. The minimum absolute atomic E-state index is 0.128. The van der Waals surface area contributed by atoms with Crippen LogP contribution in [0.15, 0.2) is 5.16 Å². The lowest BCUT2D eigenvalue weighted by Crippen LogP contribution is -2.55. The van der Waals surface area contributed by atoms with Crippen molar-refractivity contribution < 1.29 is 23.2 Å². The third kappa shape index (κ3) is 2.23. The molecule has 1 amide bonds. The van der Waals surface area contributed by atoms with Crippen LogP contribution in [0.25, 0.3) is 0 Å². The molecule has 0 aliphatic heterocycles. The van der Waals surface area contributed by atoms with Gasteiger partial charge in [-0.25, -0.2) is 0 Å². The molecular weight excluding hydrogens is 251 g/mol. The van der Waals surface area contributed by atoms with Crippen molar-refractivity contribution in [3.8, 4) is 0 Å². The average molecular weight is 267 g/mol. The molecule has 8 heteroatoms. The molecule has 1 atom stereocenters. The van der Waals surface area contributed by atoms with Crippen LogP contribution in [0.2, 0.25) is 0 Å². The number of carbonyl (C=O) groups is 1. The van der Waals surface area contributed by atoms with Crippen molar-refractivity contribution in [3.63, 3.8) is 0 Å². The van der Waals surface area contributed by atoms with E-state index in [1.165, 1.54) is 6.92 Å². The van der Waals surface area contributed by atoms with E-state index < -0.39 is 28.9 Å². The van der Waals surface area contributed by atoms with Gasteiger partial charge in [-0.15, -0.1) is 0 Å². The van der Waals surface area contributed by atoms with E-state index in [1.807, 2.05) is 5.32 Å². The zero-order valence-electron chi connectivity index (χ0n) is 10.1. The van der Waals surface area contributed by atoms with Crippen molar-refractivity contribution >= 4 is 11.7 Å². The predicted octanol–water partition coefficient (Wildman–Crippen LogP) is 1.36. The quantitative estimate of drug-likeness (QED) is 0.311. The molecule has 0 bridgehead atoms. The largest absolute Gasteiger partial charge is 0.411 e. The van der Waals surface area contributed by atoms with Gasteiger partial charge in [0.1, 0.15) is 11.0 Å². The third-order valence-corrected chi connectivity index (χ3v) is 3.53. The van der Waals surface area contributed by atoms with Crippen LogP contribution in [-0.4, -0.2) is 28.7 Å². The van der Waals surface area contributed by atoms with Crippen molar-refractivity contribution in [1.82, 2.24) is 5.32 Å². The number of halogens is 3. The van der Waals surface area contributed by atoms with Crippen LogP contribution in [0.1, 0.15) is 33.1 Å². The number of carbonyl (C=O) groups excluding carboxylic acids is 1. The van der Waals surface area contributed by atoms with Crippen LogP contribution in [-0.2, 0) is 4.79 Å². The normalized spacial score (nSPS) is 22.2. The SMILES string of the molecule is CCC(C)(C(=O)NC1(C(F)(F)F)CC1)C(N)=NO. The minimum atomic E-state index is -4.48. The molecule has 1 aliphatic rings. The molecule has 0 aromatic heterocycles. The molecule has 1 unspecified atom stereocenters. The summed E-state index contributed by atoms with van der Waals surface area (Å²) in [5.74, 6) is -1.28. The molecule has 0 aromatic rings. The standard InChI is InChI=1S/C10H16F3N3O2/c1-3-8(2,6(14)16-18)7(17)15-9(4-5-9)10(11,12)13/h18H,3-5H2,1-2H3,(H2,14,16)(H,15,17). The van der Waals surface area contributed by atoms with Gasteiger partial charge in [-0.05, 0) is 26.2 Å². The lowest BCUT2D eigenvalue weighted by atomic mass is 9.84. The van der Waals surface area contributed by atoms with Crippen LogP contribution in [0, 0.1) is 5.41 Å². The van der Waals surface area contributed by atoms with Crippen LogP contribution in [0.4, 0.5) is 13.2 Å². The topological polar surface area (TPSA) is 87.7 Å². The van der Waals surface area contributed by atoms with Crippen molar-refractivity contribution in [1.29, 1.82) is 0 Å². The van der Waals surface area contributed by atoms with Crippen LogP contribution in [0.3, 0.4) is 0 Å². The van der Waals surface area contributed by atoms with E-state index in [1.54, 1.807) is 6.92 Å². The van der Waals surface area contributed by atoms with Crippen molar-refractivity contribution in [2.75, 3.05) is 0 Å². The number of amidine groups is 1. The Labute approximate surface area is 102 Å². The number of nitrogens with one attached hydrogen (secondary N) is 1. The summed E-state index contributed by atoms with van der Waals surface area (Å²) >= 11 is 0. The molecule has 0 spiro atoms. The number of nitrogens with two attached hydrogens (primary N) is 1. The smallest absolute Gasteiger partial charge is 0.409 e. The van der Waals surface area contributed by atoms with Gasteiger partial charge < -0.3 is 16.3 Å². The summed E-state index contributed by atoms with van der Waals surface area (Å²) in [7, 11) is 0. The fourth-order valence-electron chi connectivity index (χ4n) is 1.53. The van der Waals surface area contributed by atoms with Crippen molar-refractivity contribution in [2.45, 2.75) is 44.8 Å². The Morgan fingerprint density at radius 2 is 2.00 bits per heavy atom. The Kier molecular flexibility index (Phi) is 3.51. The molecule has 1 rings (SSSR count). The predicted molar refractivity (Wildman–Crippen MR) is 58.0 cm³/mol. The number of nitrogens with zero attached hydrogens (tertiary/aromatic N) is 1. The second-order valence-corrected chi connectivity index (χ2v) is 4.70. The summed E-state index contributed by atoms with van der Waals surface area (Å²) in [5.41, 5.74) is 1.78. The van der Waals surface area contributed by atoms with Crippen LogP contribution >= 0.6 is 0 Å². The van der Waals surface area contributed by atoms with Gasteiger partial charge in [-0.1, -0.05) is 12.1 Å². The van der Waals surface area contributed by atoms with E-state index in [4.69, 9.17) is 10.9 Å². The first-order valence-corrected chi connectivity index (χ1v) is 5.50. The van der Waals surface area contributed by atoms with Gasteiger partial charge in [-0.2, -0.15) is 13.2 Å². The molecule has 104 valence electrons. The number of rotatable bonds is 4. The summed E-state index contributed by atoms with van der Waals surface area (Å²) < 4.78 is 38.1. The zero-order chi connectivity index (χ0) is 14.2. The lowest BCUT2D eigenvalue weighted by Gasteiger charge is -2.29. The highest BCUT2D eigenvalue weighted by Gasteiger charge is 2.65. The van der Waals surface area contributed by atoms with Crippen LogP contribution < -0.4 is 11.1 Å². The average Bonchev–Trinajstić information content (AvgIpc) is 3.06. The highest BCUT2D eigenvalue weighted by atomic mass is 19.4. The zero-order valence-corrected chi connectivity index (χ0v) is 10.1. The Hall–Kier alpha value is -1.47. The molecule has 0 radical (unpaired) electrons. The molecule has 1 saturated carbocycles. The monoisotopic (exact) mass is 267 g/mol. The fraction of sp³-hybridized carbons (Fsp3) is 0.800. The highest BCUT2D eigenvalue weighted by Crippen LogP contribution is 2.49. The molecule has 0 aromatic carbocycles. The van der Waals surface area contributed by atoms with Gasteiger partial charge >= 0.3 is 6.18 Å². The van der Waals surface area contributed by atoms with E-state index in [-0.39, 0.29) is 19.3 Å². The van der Waals surface area contributed by atoms with Crippen molar-refractivity contribution in [3.05, 3.63) is 0 Å². The number of hydrogen-bond donors (Lipinski definition) is 3. The van der Waals surface area contributed by atoms with Gasteiger partial charge in [-0.3, -0.25) is 4.79 Å². The number of alkyl halides is 3. The maximum Gasteiger partial charge on any atom is 0.411 e. The van der Waals surface area contributed by atoms with E-state index in [2.05, 4.69) is 5.16 Å². The summed E-state index contributed by atoms with van der Waals surface area (Å²) in [6.45, 7) is 2.91. The second kappa shape index (κ2) is 4.33. The van der Waals surface area contributed by atoms with E-state index in [0.717, 1.165) is 0 Å². The lowest BCUT2D eigenvalue weighted by molar-refractivity contribution is -0.172. The number of oxime groups is 1. The summed E-state index contributed by atoms with van der Waals surface area (Å²) in [6.07, 6.45) is -4.64. The molecule has 1 fully saturated rings. The Morgan fingerprint density at radius 3 is 2.28 bits per heavy atom. The van der Waals surface area contributed by atoms with Crippen LogP contribution in [0.5, 0.6) is 0 Å². The molecule has 1 aliphatic carbocycles. The Morgan fingerprint density at radius 1 is 1.50 bits per heavy atom. The molecule has 0 heterocycles. The summed E-state index contributed by atoms with van der Waals surface area (Å²) in [6, 6.07) is 0. The van der Waals surface area contributed by atoms with E-state index in [0.29, 0.717) is 0 Å². The highest BCUT2D eigenvalue weighted by molar-refractivity contribution is 6.06. The summed E-state index contributed by atoms with van der Waals surface area (Å²) in [5, 5.41) is 13.3. The van der Waals surface area contributed by atoms with E-state index >= 15 is 0 Å². The molecule has 18 heavy (non-hydrogen) atoms. The van der Waals surface area contributed by atoms with Gasteiger partial charge in [0.15, 0.2) is 5.84 Å². The maximum atomic E-state index is 12.7. The first-order valence-electron chi connectivity index (χ1n) is 5.50. The van der Waals surface area contributed by atoms with Gasteiger partial charge in [0, 0.05) is 0 Å². The molecule has 4 N–H and O–H groups in total. The number of hydrogen-bond acceptors (Lipinski definition) is 3. The maximum absolute atomic E-state index is 12.7. The van der Waals surface area contributed by atoms with Gasteiger partial charge in [0.2, 0.25) is 5.91 Å².